The lowest BCUT2D eigenvalue weighted by Crippen LogP contribution is -1.88. The van der Waals surface area contributed by atoms with Gasteiger partial charge in [-0.2, -0.15) is 0 Å². The Morgan fingerprint density at radius 1 is 1.25 bits per heavy atom. The minimum Gasteiger partial charge on any atom is -0.464 e. The fraction of sp³-hybridized carbons (Fsp3) is 0.200. The Morgan fingerprint density at radius 2 is 2.17 bits per heavy atom. The first-order valence-corrected chi connectivity index (χ1v) is 3.97. The van der Waals surface area contributed by atoms with Crippen molar-refractivity contribution in [1.29, 1.82) is 0 Å². The van der Waals surface area contributed by atoms with Crippen LogP contribution in [0, 0.1) is 0 Å². The average Bonchev–Trinajstić information content (AvgIpc) is 2.51. The summed E-state index contributed by atoms with van der Waals surface area (Å²) >= 11 is 0. The molecular weight excluding hydrogens is 152 g/mol. The van der Waals surface area contributed by atoms with Gasteiger partial charge in [0.25, 0.3) is 0 Å². The molecule has 1 aromatic heterocycles. The molecule has 0 spiro atoms. The minimum atomic E-state index is 0.198. The minimum absolute atomic E-state index is 0.198. The van der Waals surface area contributed by atoms with Crippen LogP contribution in [0.3, 0.4) is 0 Å². The predicted octanol–water partition coefficient (Wildman–Crippen LogP) is 1.97. The van der Waals surface area contributed by atoms with Gasteiger partial charge in [0.05, 0.1) is 6.26 Å². The van der Waals surface area contributed by atoms with Gasteiger partial charge in [0.1, 0.15) is 5.58 Å². The molecule has 1 N–H and O–H groups in total. The molecule has 2 rings (SSSR count). The Morgan fingerprint density at radius 3 is 3.00 bits per heavy atom. The third kappa shape index (κ3) is 1.21. The van der Waals surface area contributed by atoms with E-state index in [0.717, 1.165) is 16.5 Å². The molecule has 12 heavy (non-hydrogen) atoms. The lowest BCUT2D eigenvalue weighted by atomic mass is 10.1. The zero-order valence-electron chi connectivity index (χ0n) is 6.66. The lowest BCUT2D eigenvalue weighted by Gasteiger charge is -1.96. The van der Waals surface area contributed by atoms with Gasteiger partial charge in [0, 0.05) is 12.0 Å². The fourth-order valence-corrected chi connectivity index (χ4v) is 1.30. The second kappa shape index (κ2) is 2.99. The largest absolute Gasteiger partial charge is 0.464 e. The van der Waals surface area contributed by atoms with Crippen molar-refractivity contribution in [2.75, 3.05) is 6.61 Å². The highest BCUT2D eigenvalue weighted by molar-refractivity contribution is 5.77. The standard InChI is InChI=1S/C10H10O2/c11-5-3-8-1-2-10-9(7-8)4-6-12-10/h1-2,4,6-7,11H,3,5H2. The summed E-state index contributed by atoms with van der Waals surface area (Å²) < 4.78 is 5.19. The van der Waals surface area contributed by atoms with Crippen LogP contribution in [-0.4, -0.2) is 11.7 Å². The molecule has 0 atom stereocenters. The summed E-state index contributed by atoms with van der Waals surface area (Å²) in [6, 6.07) is 7.87. The number of fused-ring (bicyclic) bond motifs is 1. The van der Waals surface area contributed by atoms with E-state index >= 15 is 0 Å². The van der Waals surface area contributed by atoms with Crippen molar-refractivity contribution in [3.63, 3.8) is 0 Å². The number of aliphatic hydroxyl groups excluding tert-OH is 1. The maximum absolute atomic E-state index is 8.72. The van der Waals surface area contributed by atoms with Gasteiger partial charge in [-0.05, 0) is 30.2 Å². The zero-order valence-corrected chi connectivity index (χ0v) is 6.66. The van der Waals surface area contributed by atoms with E-state index in [2.05, 4.69) is 0 Å². The molecule has 0 unspecified atom stereocenters. The second-order valence-electron chi connectivity index (χ2n) is 2.77. The van der Waals surface area contributed by atoms with Gasteiger partial charge in [-0.3, -0.25) is 0 Å². The Bertz CT molecular complexity index is 376. The molecule has 0 bridgehead atoms. The number of benzene rings is 1. The van der Waals surface area contributed by atoms with Gasteiger partial charge < -0.3 is 9.52 Å². The highest BCUT2D eigenvalue weighted by Gasteiger charge is 1.97. The van der Waals surface area contributed by atoms with Crippen LogP contribution in [0.4, 0.5) is 0 Å². The van der Waals surface area contributed by atoms with Crippen LogP contribution < -0.4 is 0 Å². The lowest BCUT2D eigenvalue weighted by molar-refractivity contribution is 0.299. The molecule has 2 aromatic rings. The Kier molecular flexibility index (Phi) is 1.84. The molecule has 0 saturated carbocycles. The van der Waals surface area contributed by atoms with E-state index in [-0.39, 0.29) is 6.61 Å². The van der Waals surface area contributed by atoms with Crippen molar-refractivity contribution in [2.24, 2.45) is 0 Å². The highest BCUT2D eigenvalue weighted by Crippen LogP contribution is 2.16. The van der Waals surface area contributed by atoms with E-state index in [1.807, 2.05) is 24.3 Å². The van der Waals surface area contributed by atoms with Crippen molar-refractivity contribution < 1.29 is 9.52 Å². The maximum atomic E-state index is 8.72. The summed E-state index contributed by atoms with van der Waals surface area (Å²) in [7, 11) is 0. The number of rotatable bonds is 2. The Hall–Kier alpha value is -1.28. The first-order chi connectivity index (χ1) is 5.90. The first kappa shape index (κ1) is 7.37. The van der Waals surface area contributed by atoms with Gasteiger partial charge in [0.15, 0.2) is 0 Å². The molecule has 0 aliphatic rings. The summed E-state index contributed by atoms with van der Waals surface area (Å²) in [5.41, 5.74) is 2.04. The summed E-state index contributed by atoms with van der Waals surface area (Å²) in [6.45, 7) is 0.198. The predicted molar refractivity (Wildman–Crippen MR) is 47.0 cm³/mol. The van der Waals surface area contributed by atoms with E-state index in [1.54, 1.807) is 6.26 Å². The molecular formula is C10H10O2. The molecule has 0 aliphatic heterocycles. The third-order valence-corrected chi connectivity index (χ3v) is 1.92. The van der Waals surface area contributed by atoms with Crippen LogP contribution in [0.1, 0.15) is 5.56 Å². The monoisotopic (exact) mass is 162 g/mol. The summed E-state index contributed by atoms with van der Waals surface area (Å²) in [4.78, 5) is 0. The quantitative estimate of drug-likeness (QED) is 0.732. The molecule has 1 heterocycles. The number of furan rings is 1. The average molecular weight is 162 g/mol. The van der Waals surface area contributed by atoms with Gasteiger partial charge in [0.2, 0.25) is 0 Å². The van der Waals surface area contributed by atoms with Gasteiger partial charge in [-0.1, -0.05) is 6.07 Å². The maximum Gasteiger partial charge on any atom is 0.133 e. The van der Waals surface area contributed by atoms with Gasteiger partial charge >= 0.3 is 0 Å². The first-order valence-electron chi connectivity index (χ1n) is 3.97. The van der Waals surface area contributed by atoms with Crippen LogP contribution in [-0.2, 0) is 6.42 Å². The summed E-state index contributed by atoms with van der Waals surface area (Å²) in [6.07, 6.45) is 2.38. The normalized spacial score (nSPS) is 10.8. The molecule has 0 aliphatic carbocycles. The smallest absolute Gasteiger partial charge is 0.133 e. The van der Waals surface area contributed by atoms with E-state index in [9.17, 15) is 0 Å². The van der Waals surface area contributed by atoms with Crippen LogP contribution in [0.25, 0.3) is 11.0 Å². The Balaban J connectivity index is 2.46. The third-order valence-electron chi connectivity index (χ3n) is 1.92. The zero-order chi connectivity index (χ0) is 8.39. The van der Waals surface area contributed by atoms with E-state index in [0.29, 0.717) is 6.42 Å². The van der Waals surface area contributed by atoms with Crippen LogP contribution >= 0.6 is 0 Å². The van der Waals surface area contributed by atoms with E-state index < -0.39 is 0 Å². The molecule has 0 saturated heterocycles. The van der Waals surface area contributed by atoms with Crippen molar-refractivity contribution in [3.8, 4) is 0 Å². The van der Waals surface area contributed by atoms with Crippen LogP contribution in [0.15, 0.2) is 34.9 Å². The molecule has 1 aromatic carbocycles. The number of hydrogen-bond acceptors (Lipinski definition) is 2. The number of aliphatic hydroxyl groups is 1. The summed E-state index contributed by atoms with van der Waals surface area (Å²) in [5.74, 6) is 0. The van der Waals surface area contributed by atoms with Crippen molar-refractivity contribution >= 4 is 11.0 Å². The molecule has 62 valence electrons. The highest BCUT2D eigenvalue weighted by atomic mass is 16.3. The van der Waals surface area contributed by atoms with E-state index in [1.165, 1.54) is 0 Å². The van der Waals surface area contributed by atoms with Crippen molar-refractivity contribution in [3.05, 3.63) is 36.1 Å². The molecule has 2 nitrogen and oxygen atoms in total. The van der Waals surface area contributed by atoms with Crippen molar-refractivity contribution in [1.82, 2.24) is 0 Å². The summed E-state index contributed by atoms with van der Waals surface area (Å²) in [5, 5.41) is 9.82. The molecule has 0 fully saturated rings. The topological polar surface area (TPSA) is 33.4 Å². The van der Waals surface area contributed by atoms with Gasteiger partial charge in [-0.25, -0.2) is 0 Å². The Labute approximate surface area is 70.4 Å². The molecule has 0 radical (unpaired) electrons. The SMILES string of the molecule is OCCc1ccc2occc2c1. The second-order valence-corrected chi connectivity index (χ2v) is 2.77. The van der Waals surface area contributed by atoms with E-state index in [4.69, 9.17) is 9.52 Å². The number of hydrogen-bond donors (Lipinski definition) is 1. The fourth-order valence-electron chi connectivity index (χ4n) is 1.30. The van der Waals surface area contributed by atoms with Gasteiger partial charge in [-0.15, -0.1) is 0 Å². The van der Waals surface area contributed by atoms with Crippen molar-refractivity contribution in [2.45, 2.75) is 6.42 Å². The molecule has 0 amide bonds. The molecule has 2 heteroatoms. The van der Waals surface area contributed by atoms with Crippen LogP contribution in [0.2, 0.25) is 0 Å². The van der Waals surface area contributed by atoms with Crippen LogP contribution in [0.5, 0.6) is 0 Å².